The highest BCUT2D eigenvalue weighted by molar-refractivity contribution is 6.31. The summed E-state index contributed by atoms with van der Waals surface area (Å²) in [5, 5.41) is 4.74. The van der Waals surface area contributed by atoms with Crippen molar-refractivity contribution in [2.45, 2.75) is 13.1 Å². The van der Waals surface area contributed by atoms with Gasteiger partial charge in [0.15, 0.2) is 11.5 Å². The zero-order valence-corrected chi connectivity index (χ0v) is 15.2. The highest BCUT2D eigenvalue weighted by atomic mass is 35.5. The molecule has 26 heavy (non-hydrogen) atoms. The van der Waals surface area contributed by atoms with E-state index in [4.69, 9.17) is 23.2 Å². The van der Waals surface area contributed by atoms with Gasteiger partial charge in [0.25, 0.3) is 0 Å². The number of nitrogens with one attached hydrogen (secondary N) is 1. The lowest BCUT2D eigenvalue weighted by atomic mass is 10.2. The maximum Gasteiger partial charge on any atom is 0.165 e. The maximum absolute atomic E-state index is 6.21. The van der Waals surface area contributed by atoms with Crippen LogP contribution in [0.25, 0.3) is 11.2 Å². The largest absolute Gasteiger partial charge is 0.364 e. The SMILES string of the molecule is Clc1ccc(Cn2cnc3c(NCc4ccccc4Cl)ncnc32)cc1. The van der Waals surface area contributed by atoms with Crippen LogP contribution >= 0.6 is 23.2 Å². The van der Waals surface area contributed by atoms with Crippen molar-refractivity contribution in [1.29, 1.82) is 0 Å². The van der Waals surface area contributed by atoms with Gasteiger partial charge in [-0.2, -0.15) is 0 Å². The van der Waals surface area contributed by atoms with E-state index in [9.17, 15) is 0 Å². The van der Waals surface area contributed by atoms with Crippen molar-refractivity contribution in [3.8, 4) is 0 Å². The average molecular weight is 384 g/mol. The van der Waals surface area contributed by atoms with Crippen molar-refractivity contribution < 1.29 is 0 Å². The number of imidazole rings is 1. The van der Waals surface area contributed by atoms with Gasteiger partial charge < -0.3 is 9.88 Å². The third kappa shape index (κ3) is 3.49. The maximum atomic E-state index is 6.21. The van der Waals surface area contributed by atoms with E-state index in [0.717, 1.165) is 32.3 Å². The summed E-state index contributed by atoms with van der Waals surface area (Å²) in [5.74, 6) is 0.685. The van der Waals surface area contributed by atoms with Gasteiger partial charge in [0, 0.05) is 16.6 Å². The number of rotatable bonds is 5. The van der Waals surface area contributed by atoms with Crippen molar-refractivity contribution in [3.63, 3.8) is 0 Å². The molecule has 0 fully saturated rings. The quantitative estimate of drug-likeness (QED) is 0.537. The lowest BCUT2D eigenvalue weighted by molar-refractivity contribution is 0.813. The number of hydrogen-bond acceptors (Lipinski definition) is 4. The summed E-state index contributed by atoms with van der Waals surface area (Å²) in [5.41, 5.74) is 3.63. The van der Waals surface area contributed by atoms with Crippen LogP contribution in [0.3, 0.4) is 0 Å². The molecule has 4 rings (SSSR count). The zero-order chi connectivity index (χ0) is 17.9. The molecule has 1 N–H and O–H groups in total. The van der Waals surface area contributed by atoms with Gasteiger partial charge in [-0.1, -0.05) is 53.5 Å². The number of fused-ring (bicyclic) bond motifs is 1. The van der Waals surface area contributed by atoms with Crippen molar-refractivity contribution in [1.82, 2.24) is 19.5 Å². The lowest BCUT2D eigenvalue weighted by Crippen LogP contribution is -2.04. The van der Waals surface area contributed by atoms with Crippen LogP contribution in [0.2, 0.25) is 10.0 Å². The lowest BCUT2D eigenvalue weighted by Gasteiger charge is -2.08. The Morgan fingerprint density at radius 2 is 1.73 bits per heavy atom. The molecule has 0 aliphatic rings. The van der Waals surface area contributed by atoms with E-state index in [-0.39, 0.29) is 0 Å². The first-order valence-corrected chi connectivity index (χ1v) is 8.84. The van der Waals surface area contributed by atoms with Crippen LogP contribution in [0.15, 0.2) is 61.2 Å². The van der Waals surface area contributed by atoms with Crippen LogP contribution in [0.1, 0.15) is 11.1 Å². The van der Waals surface area contributed by atoms with Gasteiger partial charge in [0.05, 0.1) is 12.9 Å². The Labute approximate surface area is 160 Å². The van der Waals surface area contributed by atoms with Gasteiger partial charge in [-0.25, -0.2) is 15.0 Å². The summed E-state index contributed by atoms with van der Waals surface area (Å²) in [6.07, 6.45) is 3.31. The molecule has 5 nitrogen and oxygen atoms in total. The molecule has 130 valence electrons. The highest BCUT2D eigenvalue weighted by Gasteiger charge is 2.11. The Kier molecular flexibility index (Phi) is 4.73. The number of hydrogen-bond donors (Lipinski definition) is 1. The average Bonchev–Trinajstić information content (AvgIpc) is 3.06. The Morgan fingerprint density at radius 3 is 2.54 bits per heavy atom. The zero-order valence-electron chi connectivity index (χ0n) is 13.7. The van der Waals surface area contributed by atoms with Gasteiger partial charge >= 0.3 is 0 Å². The topological polar surface area (TPSA) is 55.6 Å². The first kappa shape index (κ1) is 16.8. The van der Waals surface area contributed by atoms with Gasteiger partial charge in [-0.05, 0) is 29.3 Å². The third-order valence-electron chi connectivity index (χ3n) is 4.07. The van der Waals surface area contributed by atoms with Gasteiger partial charge in [-0.3, -0.25) is 0 Å². The minimum atomic E-state index is 0.565. The molecule has 0 radical (unpaired) electrons. The molecule has 0 spiro atoms. The predicted molar refractivity (Wildman–Crippen MR) is 105 cm³/mol. The fourth-order valence-corrected chi connectivity index (χ4v) is 3.06. The molecule has 2 aromatic carbocycles. The molecule has 0 saturated heterocycles. The van der Waals surface area contributed by atoms with E-state index < -0.39 is 0 Å². The van der Waals surface area contributed by atoms with Crippen LogP contribution in [0, 0.1) is 0 Å². The molecule has 0 unspecified atom stereocenters. The fraction of sp³-hybridized carbons (Fsp3) is 0.105. The molecular weight excluding hydrogens is 369 g/mol. The minimum Gasteiger partial charge on any atom is -0.364 e. The molecule has 0 saturated carbocycles. The molecule has 0 aliphatic heterocycles. The van der Waals surface area contributed by atoms with Crippen molar-refractivity contribution >= 4 is 40.2 Å². The monoisotopic (exact) mass is 383 g/mol. The van der Waals surface area contributed by atoms with Crippen molar-refractivity contribution in [3.05, 3.63) is 82.4 Å². The minimum absolute atomic E-state index is 0.565. The van der Waals surface area contributed by atoms with Gasteiger partial charge in [0.1, 0.15) is 11.8 Å². The number of anilines is 1. The van der Waals surface area contributed by atoms with E-state index in [1.165, 1.54) is 6.33 Å². The van der Waals surface area contributed by atoms with Gasteiger partial charge in [0.2, 0.25) is 0 Å². The Morgan fingerprint density at radius 1 is 0.923 bits per heavy atom. The highest BCUT2D eigenvalue weighted by Crippen LogP contribution is 2.21. The van der Waals surface area contributed by atoms with Crippen LogP contribution in [-0.2, 0) is 13.1 Å². The van der Waals surface area contributed by atoms with Gasteiger partial charge in [-0.15, -0.1) is 0 Å². The smallest absolute Gasteiger partial charge is 0.165 e. The summed E-state index contributed by atoms with van der Waals surface area (Å²) >= 11 is 12.2. The summed E-state index contributed by atoms with van der Waals surface area (Å²) in [6.45, 7) is 1.23. The predicted octanol–water partition coefficient (Wildman–Crippen LogP) is 4.79. The molecule has 0 amide bonds. The summed E-state index contributed by atoms with van der Waals surface area (Å²) in [6, 6.07) is 15.5. The molecule has 0 aliphatic carbocycles. The number of aromatic nitrogens is 4. The molecule has 0 bridgehead atoms. The van der Waals surface area contributed by atoms with Crippen LogP contribution in [0.5, 0.6) is 0 Å². The van der Waals surface area contributed by atoms with E-state index >= 15 is 0 Å². The third-order valence-corrected chi connectivity index (χ3v) is 4.69. The number of halogens is 2. The molecule has 2 heterocycles. The summed E-state index contributed by atoms with van der Waals surface area (Å²) in [7, 11) is 0. The van der Waals surface area contributed by atoms with Crippen LogP contribution in [-0.4, -0.2) is 19.5 Å². The van der Waals surface area contributed by atoms with Crippen molar-refractivity contribution in [2.24, 2.45) is 0 Å². The van der Waals surface area contributed by atoms with Crippen molar-refractivity contribution in [2.75, 3.05) is 5.32 Å². The fourth-order valence-electron chi connectivity index (χ4n) is 2.73. The summed E-state index contributed by atoms with van der Waals surface area (Å²) in [4.78, 5) is 13.2. The standard InChI is InChI=1S/C19H15Cl2N5/c20-15-7-5-13(6-8-15)10-26-12-25-17-18(23-11-24-19(17)26)22-9-14-3-1-2-4-16(14)21/h1-8,11-12H,9-10H2,(H,22,23,24). The van der Waals surface area contributed by atoms with Crippen LogP contribution < -0.4 is 5.32 Å². The second-order valence-electron chi connectivity index (χ2n) is 5.84. The van der Waals surface area contributed by atoms with Crippen LogP contribution in [0.4, 0.5) is 5.82 Å². The molecule has 2 aromatic heterocycles. The Hall–Kier alpha value is -2.63. The van der Waals surface area contributed by atoms with E-state index in [1.54, 1.807) is 6.33 Å². The Balaban J connectivity index is 1.58. The van der Waals surface area contributed by atoms with E-state index in [2.05, 4.69) is 20.3 Å². The second-order valence-corrected chi connectivity index (χ2v) is 6.68. The molecular formula is C19H15Cl2N5. The number of benzene rings is 2. The van der Waals surface area contributed by atoms with E-state index in [0.29, 0.717) is 18.9 Å². The Bertz CT molecular complexity index is 1040. The normalized spacial score (nSPS) is 11.0. The second kappa shape index (κ2) is 7.32. The first-order valence-electron chi connectivity index (χ1n) is 8.08. The molecule has 7 heteroatoms. The molecule has 4 aromatic rings. The van der Waals surface area contributed by atoms with E-state index in [1.807, 2.05) is 53.1 Å². The molecule has 0 atom stereocenters. The number of nitrogens with zero attached hydrogens (tertiary/aromatic N) is 4. The first-order chi connectivity index (χ1) is 12.7. The summed E-state index contributed by atoms with van der Waals surface area (Å²) < 4.78 is 1.99.